The highest BCUT2D eigenvalue weighted by atomic mass is 19.1. The van der Waals surface area contributed by atoms with Crippen molar-refractivity contribution >= 4 is 23.5 Å². The third kappa shape index (κ3) is 3.98. The molecule has 2 aromatic rings. The number of carbonyl (C=O) groups excluding carboxylic acids is 3. The molecule has 2 aliphatic rings. The highest BCUT2D eigenvalue weighted by molar-refractivity contribution is 6.20. The molecule has 7 heteroatoms. The van der Waals surface area contributed by atoms with Crippen molar-refractivity contribution in [2.24, 2.45) is 0 Å². The average molecular weight is 410 g/mol. The molecule has 2 saturated heterocycles. The molecule has 0 aromatic heterocycles. The standard InChI is InChI=1S/C23H23FN2O4/c24-18-8-10-19(11-9-18)26-21(28)23(30-22(26)29)12-15-25(16-13-23)14-4-7-20(27)17-5-2-1-3-6-17/h1-3,5-6,8-11H,4,7,12-16H2. The molecule has 0 unspecified atom stereocenters. The number of hydrogen-bond donors (Lipinski definition) is 0. The summed E-state index contributed by atoms with van der Waals surface area (Å²) in [6.07, 6.45) is 1.30. The topological polar surface area (TPSA) is 66.9 Å². The number of imide groups is 1. The van der Waals surface area contributed by atoms with Gasteiger partial charge in [-0.2, -0.15) is 0 Å². The van der Waals surface area contributed by atoms with Crippen molar-refractivity contribution in [1.82, 2.24) is 4.90 Å². The predicted molar refractivity (Wildman–Crippen MR) is 109 cm³/mol. The number of likely N-dealkylation sites (tertiary alicyclic amines) is 1. The van der Waals surface area contributed by atoms with E-state index in [0.29, 0.717) is 38.0 Å². The zero-order valence-electron chi connectivity index (χ0n) is 16.6. The van der Waals surface area contributed by atoms with Crippen LogP contribution in [0.4, 0.5) is 14.9 Å². The van der Waals surface area contributed by atoms with E-state index in [0.717, 1.165) is 23.4 Å². The van der Waals surface area contributed by atoms with E-state index in [2.05, 4.69) is 4.90 Å². The van der Waals surface area contributed by atoms with Gasteiger partial charge in [0.05, 0.1) is 5.69 Å². The summed E-state index contributed by atoms with van der Waals surface area (Å²) >= 11 is 0. The van der Waals surface area contributed by atoms with Crippen LogP contribution in [0.1, 0.15) is 36.0 Å². The molecule has 4 rings (SSSR count). The van der Waals surface area contributed by atoms with Gasteiger partial charge in [-0.15, -0.1) is 0 Å². The van der Waals surface area contributed by atoms with Crippen LogP contribution < -0.4 is 4.90 Å². The Labute approximate surface area is 174 Å². The van der Waals surface area contributed by atoms with E-state index in [1.165, 1.54) is 24.3 Å². The molecule has 0 N–H and O–H groups in total. The summed E-state index contributed by atoms with van der Waals surface area (Å²) in [5.74, 6) is -0.704. The van der Waals surface area contributed by atoms with Crippen molar-refractivity contribution in [2.75, 3.05) is 24.5 Å². The fraction of sp³-hybridized carbons (Fsp3) is 0.348. The molecule has 2 fully saturated rings. The van der Waals surface area contributed by atoms with Crippen LogP contribution in [0, 0.1) is 5.82 Å². The Kier molecular flexibility index (Phi) is 5.63. The molecule has 2 heterocycles. The van der Waals surface area contributed by atoms with Gasteiger partial charge in [-0.3, -0.25) is 9.59 Å². The fourth-order valence-corrected chi connectivity index (χ4v) is 4.04. The van der Waals surface area contributed by atoms with Gasteiger partial charge in [-0.05, 0) is 37.2 Å². The molecule has 2 aromatic carbocycles. The number of Topliss-reactive ketones (excluding diaryl/α,β-unsaturated/α-hetero) is 1. The lowest BCUT2D eigenvalue weighted by molar-refractivity contribution is -0.133. The summed E-state index contributed by atoms with van der Waals surface area (Å²) in [4.78, 5) is 40.7. The first-order chi connectivity index (χ1) is 14.5. The first-order valence-electron chi connectivity index (χ1n) is 10.1. The third-order valence-corrected chi connectivity index (χ3v) is 5.78. The number of rotatable bonds is 6. The molecule has 1 spiro atoms. The van der Waals surface area contributed by atoms with Crippen molar-refractivity contribution in [1.29, 1.82) is 0 Å². The Morgan fingerprint density at radius 3 is 2.33 bits per heavy atom. The molecule has 0 atom stereocenters. The zero-order chi connectivity index (χ0) is 21.1. The highest BCUT2D eigenvalue weighted by Crippen LogP contribution is 2.37. The maximum Gasteiger partial charge on any atom is 0.422 e. The van der Waals surface area contributed by atoms with Gasteiger partial charge in [0.2, 0.25) is 0 Å². The smallest absolute Gasteiger partial charge is 0.422 e. The van der Waals surface area contributed by atoms with E-state index < -0.39 is 23.4 Å². The molecule has 0 saturated carbocycles. The van der Waals surface area contributed by atoms with Crippen LogP contribution in [0.5, 0.6) is 0 Å². The molecule has 6 nitrogen and oxygen atoms in total. The minimum Gasteiger partial charge on any atom is -0.432 e. The molecule has 0 bridgehead atoms. The van der Waals surface area contributed by atoms with Crippen molar-refractivity contribution in [3.8, 4) is 0 Å². The summed E-state index contributed by atoms with van der Waals surface area (Å²) in [5.41, 5.74) is -0.119. The Balaban J connectivity index is 1.30. The predicted octanol–water partition coefficient (Wildman–Crippen LogP) is 3.81. The van der Waals surface area contributed by atoms with Crippen molar-refractivity contribution in [3.63, 3.8) is 0 Å². The second kappa shape index (κ2) is 8.36. The molecule has 2 aliphatic heterocycles. The number of ketones is 1. The molecular formula is C23H23FN2O4. The van der Waals surface area contributed by atoms with E-state index in [1.54, 1.807) is 0 Å². The van der Waals surface area contributed by atoms with Gasteiger partial charge in [0.15, 0.2) is 11.4 Å². The molecule has 2 amide bonds. The van der Waals surface area contributed by atoms with E-state index in [4.69, 9.17) is 4.74 Å². The number of anilines is 1. The van der Waals surface area contributed by atoms with Gasteiger partial charge in [-0.1, -0.05) is 30.3 Å². The summed E-state index contributed by atoms with van der Waals surface area (Å²) in [7, 11) is 0. The summed E-state index contributed by atoms with van der Waals surface area (Å²) in [6.45, 7) is 1.96. The zero-order valence-corrected chi connectivity index (χ0v) is 16.6. The SMILES string of the molecule is O=C(CCCN1CCC2(CC1)OC(=O)N(c1ccc(F)cc1)C2=O)c1ccccc1. The Morgan fingerprint density at radius 2 is 1.67 bits per heavy atom. The fourth-order valence-electron chi connectivity index (χ4n) is 4.04. The summed E-state index contributed by atoms with van der Waals surface area (Å²) < 4.78 is 18.7. The van der Waals surface area contributed by atoms with E-state index in [1.807, 2.05) is 30.3 Å². The lowest BCUT2D eigenvalue weighted by Gasteiger charge is -2.36. The molecular weight excluding hydrogens is 387 g/mol. The number of piperidine rings is 1. The van der Waals surface area contributed by atoms with E-state index in [-0.39, 0.29) is 5.78 Å². The quantitative estimate of drug-likeness (QED) is 0.678. The highest BCUT2D eigenvalue weighted by Gasteiger charge is 2.55. The number of nitrogens with zero attached hydrogens (tertiary/aromatic N) is 2. The van der Waals surface area contributed by atoms with Crippen molar-refractivity contribution in [3.05, 3.63) is 66.0 Å². The second-order valence-electron chi connectivity index (χ2n) is 7.71. The minimum atomic E-state index is -1.15. The number of benzene rings is 2. The molecule has 156 valence electrons. The first kappa shape index (κ1) is 20.2. The van der Waals surface area contributed by atoms with Crippen LogP contribution in [0.25, 0.3) is 0 Å². The van der Waals surface area contributed by atoms with Crippen LogP contribution in [0.2, 0.25) is 0 Å². The van der Waals surface area contributed by atoms with Gasteiger partial charge < -0.3 is 9.64 Å². The molecule has 0 radical (unpaired) electrons. The first-order valence-corrected chi connectivity index (χ1v) is 10.1. The summed E-state index contributed by atoms with van der Waals surface area (Å²) in [6, 6.07) is 14.4. The lowest BCUT2D eigenvalue weighted by Crippen LogP contribution is -2.50. The van der Waals surface area contributed by atoms with Crippen LogP contribution in [-0.4, -0.2) is 47.9 Å². The number of ether oxygens (including phenoxy) is 1. The third-order valence-electron chi connectivity index (χ3n) is 5.78. The normalized spacial score (nSPS) is 18.6. The Morgan fingerprint density at radius 1 is 1.00 bits per heavy atom. The molecule has 0 aliphatic carbocycles. The van der Waals surface area contributed by atoms with Gasteiger partial charge >= 0.3 is 6.09 Å². The van der Waals surface area contributed by atoms with Crippen LogP contribution in [0.15, 0.2) is 54.6 Å². The van der Waals surface area contributed by atoms with Crippen molar-refractivity contribution < 1.29 is 23.5 Å². The maximum absolute atomic E-state index is 13.2. The second-order valence-corrected chi connectivity index (χ2v) is 7.71. The number of carbonyl (C=O) groups is 3. The maximum atomic E-state index is 13.2. The molecule has 30 heavy (non-hydrogen) atoms. The monoisotopic (exact) mass is 410 g/mol. The lowest BCUT2D eigenvalue weighted by atomic mass is 9.90. The largest absolute Gasteiger partial charge is 0.432 e. The average Bonchev–Trinajstić information content (AvgIpc) is 3.00. The van der Waals surface area contributed by atoms with Gasteiger partial charge in [0.1, 0.15) is 5.82 Å². The van der Waals surface area contributed by atoms with Crippen molar-refractivity contribution in [2.45, 2.75) is 31.3 Å². The van der Waals surface area contributed by atoms with E-state index >= 15 is 0 Å². The number of hydrogen-bond acceptors (Lipinski definition) is 5. The minimum absolute atomic E-state index is 0.124. The van der Waals surface area contributed by atoms with Gasteiger partial charge in [-0.25, -0.2) is 14.1 Å². The van der Waals surface area contributed by atoms with Gasteiger partial charge in [0.25, 0.3) is 5.91 Å². The number of amides is 2. The Bertz CT molecular complexity index is 937. The van der Waals surface area contributed by atoms with Gasteiger partial charge in [0, 0.05) is 37.9 Å². The Hall–Kier alpha value is -3.06. The van der Waals surface area contributed by atoms with E-state index in [9.17, 15) is 18.8 Å². The van der Waals surface area contributed by atoms with Crippen LogP contribution in [0.3, 0.4) is 0 Å². The van der Waals surface area contributed by atoms with Crippen LogP contribution >= 0.6 is 0 Å². The summed E-state index contributed by atoms with van der Waals surface area (Å²) in [5, 5.41) is 0. The van der Waals surface area contributed by atoms with Crippen LogP contribution in [-0.2, 0) is 9.53 Å². The number of halogens is 1.